The second kappa shape index (κ2) is 9.75. The number of benzene rings is 1. The summed E-state index contributed by atoms with van der Waals surface area (Å²) >= 11 is 1.38. The third-order valence-electron chi connectivity index (χ3n) is 3.29. The van der Waals surface area contributed by atoms with Crippen LogP contribution >= 0.6 is 24.2 Å². The van der Waals surface area contributed by atoms with E-state index < -0.39 is 0 Å². The summed E-state index contributed by atoms with van der Waals surface area (Å²) in [5, 5.41) is 19.1. The Morgan fingerprint density at radius 1 is 1.12 bits per heavy atom. The average Bonchev–Trinajstić information content (AvgIpc) is 2.60. The molecule has 1 aromatic carbocycles. The number of halogens is 1. The summed E-state index contributed by atoms with van der Waals surface area (Å²) in [6.45, 7) is 2.61. The SMILES string of the molecule is CCOc1c(C#N)c(N)nc(SCc2ccc(CN)cc2)c1C#N.Cl. The number of nitrogens with zero attached hydrogens (tertiary/aromatic N) is 3. The van der Waals surface area contributed by atoms with Crippen LogP contribution in [0.1, 0.15) is 29.2 Å². The van der Waals surface area contributed by atoms with Gasteiger partial charge in [0.15, 0.2) is 5.75 Å². The molecule has 1 heterocycles. The maximum absolute atomic E-state index is 9.45. The number of hydrogen-bond acceptors (Lipinski definition) is 7. The van der Waals surface area contributed by atoms with E-state index in [9.17, 15) is 10.5 Å². The highest BCUT2D eigenvalue weighted by Gasteiger charge is 2.20. The third kappa shape index (κ3) is 4.77. The van der Waals surface area contributed by atoms with Gasteiger partial charge in [0.05, 0.1) is 6.61 Å². The van der Waals surface area contributed by atoms with Crippen LogP contribution in [-0.4, -0.2) is 11.6 Å². The normalized spacial score (nSPS) is 9.60. The van der Waals surface area contributed by atoms with E-state index in [0.29, 0.717) is 23.9 Å². The highest BCUT2D eigenvalue weighted by molar-refractivity contribution is 7.98. The van der Waals surface area contributed by atoms with Crippen molar-refractivity contribution in [2.24, 2.45) is 5.73 Å². The molecule has 0 amide bonds. The fourth-order valence-electron chi connectivity index (χ4n) is 2.08. The van der Waals surface area contributed by atoms with Gasteiger partial charge in [-0.15, -0.1) is 24.2 Å². The third-order valence-corrected chi connectivity index (χ3v) is 4.34. The monoisotopic (exact) mass is 375 g/mol. The van der Waals surface area contributed by atoms with Crippen LogP contribution < -0.4 is 16.2 Å². The lowest BCUT2D eigenvalue weighted by Gasteiger charge is -2.12. The van der Waals surface area contributed by atoms with Gasteiger partial charge in [-0.2, -0.15) is 10.5 Å². The van der Waals surface area contributed by atoms with Crippen LogP contribution in [-0.2, 0) is 12.3 Å². The smallest absolute Gasteiger partial charge is 0.161 e. The Kier molecular flexibility index (Phi) is 8.03. The fraction of sp³-hybridized carbons (Fsp3) is 0.235. The van der Waals surface area contributed by atoms with Crippen LogP contribution in [0.4, 0.5) is 5.82 Å². The molecule has 2 rings (SSSR count). The molecule has 6 nitrogen and oxygen atoms in total. The molecule has 0 aliphatic heterocycles. The zero-order chi connectivity index (χ0) is 17.5. The van der Waals surface area contributed by atoms with E-state index in [0.717, 1.165) is 11.1 Å². The number of hydrogen-bond donors (Lipinski definition) is 2. The predicted molar refractivity (Wildman–Crippen MR) is 100 cm³/mol. The second-order valence-corrected chi connectivity index (χ2v) is 5.81. The summed E-state index contributed by atoms with van der Waals surface area (Å²) in [5.74, 6) is 0.889. The summed E-state index contributed by atoms with van der Waals surface area (Å²) in [7, 11) is 0. The molecule has 1 aromatic heterocycles. The molecule has 0 aliphatic rings. The van der Waals surface area contributed by atoms with E-state index in [4.69, 9.17) is 16.2 Å². The van der Waals surface area contributed by atoms with Gasteiger partial charge in [-0.25, -0.2) is 4.98 Å². The van der Waals surface area contributed by atoms with Crippen molar-refractivity contribution in [3.8, 4) is 17.9 Å². The number of ether oxygens (including phenoxy) is 1. The van der Waals surface area contributed by atoms with Gasteiger partial charge in [0.2, 0.25) is 0 Å². The molecule has 0 fully saturated rings. The number of pyridine rings is 1. The van der Waals surface area contributed by atoms with Crippen molar-refractivity contribution < 1.29 is 4.74 Å². The maximum atomic E-state index is 9.45. The molecular weight excluding hydrogens is 358 g/mol. The molecule has 0 atom stereocenters. The summed E-state index contributed by atoms with van der Waals surface area (Å²) in [4.78, 5) is 4.20. The van der Waals surface area contributed by atoms with E-state index in [1.807, 2.05) is 30.3 Å². The summed E-state index contributed by atoms with van der Waals surface area (Å²) in [6.07, 6.45) is 0. The fourth-order valence-corrected chi connectivity index (χ4v) is 3.02. The molecule has 0 saturated heterocycles. The first-order valence-corrected chi connectivity index (χ1v) is 8.30. The van der Waals surface area contributed by atoms with Crippen molar-refractivity contribution in [2.45, 2.75) is 24.2 Å². The minimum Gasteiger partial charge on any atom is -0.491 e. The van der Waals surface area contributed by atoms with Gasteiger partial charge in [0, 0.05) is 12.3 Å². The Labute approximate surface area is 157 Å². The quantitative estimate of drug-likeness (QED) is 0.744. The lowest BCUT2D eigenvalue weighted by molar-refractivity contribution is 0.337. The van der Waals surface area contributed by atoms with Crippen molar-refractivity contribution in [3.05, 3.63) is 46.5 Å². The molecule has 25 heavy (non-hydrogen) atoms. The molecule has 0 aliphatic carbocycles. The van der Waals surface area contributed by atoms with Crippen LogP contribution in [0.25, 0.3) is 0 Å². The molecule has 0 radical (unpaired) electrons. The zero-order valence-corrected chi connectivity index (χ0v) is 15.3. The number of aromatic nitrogens is 1. The molecular formula is C17H18ClN5OS. The van der Waals surface area contributed by atoms with Gasteiger partial charge in [0.25, 0.3) is 0 Å². The Balaban J connectivity index is 0.00000312. The van der Waals surface area contributed by atoms with Crippen LogP contribution in [0.2, 0.25) is 0 Å². The van der Waals surface area contributed by atoms with E-state index in [2.05, 4.69) is 11.1 Å². The second-order valence-electron chi connectivity index (χ2n) is 4.85. The van der Waals surface area contributed by atoms with Crippen LogP contribution in [0, 0.1) is 22.7 Å². The molecule has 8 heteroatoms. The van der Waals surface area contributed by atoms with Crippen LogP contribution in [0.3, 0.4) is 0 Å². The maximum Gasteiger partial charge on any atom is 0.161 e. The van der Waals surface area contributed by atoms with Gasteiger partial charge in [0.1, 0.15) is 34.1 Å². The predicted octanol–water partition coefficient (Wildman–Crippen LogP) is 2.98. The minimum absolute atomic E-state index is 0. The van der Waals surface area contributed by atoms with E-state index >= 15 is 0 Å². The highest BCUT2D eigenvalue weighted by Crippen LogP contribution is 2.35. The summed E-state index contributed by atoms with van der Waals surface area (Å²) in [5.41, 5.74) is 13.9. The standard InChI is InChI=1S/C17H17N5OS.ClH/c1-2-23-15-13(8-19)16(21)22-17(14(15)9-20)24-10-12-5-3-11(7-18)4-6-12;/h3-6H,2,7,10,18H2,1H3,(H2,21,22);1H. The van der Waals surface area contributed by atoms with Gasteiger partial charge < -0.3 is 16.2 Å². The van der Waals surface area contributed by atoms with Gasteiger partial charge >= 0.3 is 0 Å². The first-order chi connectivity index (χ1) is 11.6. The Bertz CT molecular complexity index is 812. The van der Waals surface area contributed by atoms with Crippen molar-refractivity contribution >= 4 is 30.0 Å². The van der Waals surface area contributed by atoms with Crippen molar-refractivity contribution in [1.29, 1.82) is 10.5 Å². The topological polar surface area (TPSA) is 122 Å². The molecule has 0 spiro atoms. The Hall–Kier alpha value is -2.45. The highest BCUT2D eigenvalue weighted by atomic mass is 35.5. The minimum atomic E-state index is 0. The van der Waals surface area contributed by atoms with Crippen LogP contribution in [0.15, 0.2) is 29.3 Å². The first kappa shape index (κ1) is 20.6. The summed E-state index contributed by atoms with van der Waals surface area (Å²) < 4.78 is 5.46. The molecule has 0 saturated carbocycles. The number of rotatable bonds is 6. The van der Waals surface area contributed by atoms with Crippen molar-refractivity contribution in [2.75, 3.05) is 12.3 Å². The number of nitrogens with two attached hydrogens (primary N) is 2. The van der Waals surface area contributed by atoms with Gasteiger partial charge in [-0.1, -0.05) is 24.3 Å². The number of thioether (sulfide) groups is 1. The van der Waals surface area contributed by atoms with E-state index in [1.165, 1.54) is 11.8 Å². The molecule has 130 valence electrons. The molecule has 2 aromatic rings. The van der Waals surface area contributed by atoms with Crippen LogP contribution in [0.5, 0.6) is 5.75 Å². The molecule has 0 unspecified atom stereocenters. The van der Waals surface area contributed by atoms with E-state index in [1.54, 1.807) is 6.92 Å². The molecule has 4 N–H and O–H groups in total. The van der Waals surface area contributed by atoms with Crippen molar-refractivity contribution in [1.82, 2.24) is 4.98 Å². The van der Waals surface area contributed by atoms with Gasteiger partial charge in [-0.3, -0.25) is 0 Å². The van der Waals surface area contributed by atoms with E-state index in [-0.39, 0.29) is 35.1 Å². The summed E-state index contributed by atoms with van der Waals surface area (Å²) in [6, 6.07) is 11.9. The Morgan fingerprint density at radius 2 is 1.72 bits per heavy atom. The number of nitriles is 2. The average molecular weight is 376 g/mol. The first-order valence-electron chi connectivity index (χ1n) is 7.31. The largest absolute Gasteiger partial charge is 0.491 e. The lowest BCUT2D eigenvalue weighted by Crippen LogP contribution is -2.05. The Morgan fingerprint density at radius 3 is 2.24 bits per heavy atom. The number of nitrogen functional groups attached to an aromatic ring is 1. The zero-order valence-electron chi connectivity index (χ0n) is 13.7. The number of anilines is 1. The lowest BCUT2D eigenvalue weighted by atomic mass is 10.1. The van der Waals surface area contributed by atoms with Gasteiger partial charge in [-0.05, 0) is 18.1 Å². The molecule has 0 bridgehead atoms. The van der Waals surface area contributed by atoms with Crippen molar-refractivity contribution in [3.63, 3.8) is 0 Å².